The second kappa shape index (κ2) is 5.19. The molecular formula is C11H13N5O4S2. The zero-order valence-corrected chi connectivity index (χ0v) is 13.1. The molecule has 0 bridgehead atoms. The van der Waals surface area contributed by atoms with Crippen LogP contribution in [0.5, 0.6) is 0 Å². The average molecular weight is 343 g/mol. The molecule has 2 aromatic rings. The molecule has 0 saturated heterocycles. The van der Waals surface area contributed by atoms with Gasteiger partial charge in [0.2, 0.25) is 5.95 Å². The molecule has 2 aromatic heterocycles. The highest BCUT2D eigenvalue weighted by atomic mass is 33.1. The number of thiol groups is 1. The summed E-state index contributed by atoms with van der Waals surface area (Å²) in [4.78, 5) is 22.7. The van der Waals surface area contributed by atoms with Gasteiger partial charge in [0.1, 0.15) is 11.9 Å². The van der Waals surface area contributed by atoms with E-state index >= 15 is 0 Å². The highest BCUT2D eigenvalue weighted by Gasteiger charge is 2.46. The molecule has 0 aromatic carbocycles. The van der Waals surface area contributed by atoms with Gasteiger partial charge < -0.3 is 20.7 Å². The molecule has 2 atom stereocenters. The largest absolute Gasteiger partial charge is 0.508 e. The summed E-state index contributed by atoms with van der Waals surface area (Å²) in [6, 6.07) is 0. The lowest BCUT2D eigenvalue weighted by atomic mass is 10.2. The Kier molecular flexibility index (Phi) is 3.59. The lowest BCUT2D eigenvalue weighted by Gasteiger charge is -2.28. The molecule has 5 N–H and O–H groups in total. The summed E-state index contributed by atoms with van der Waals surface area (Å²) in [5.41, 5.74) is 4.17. The van der Waals surface area contributed by atoms with Gasteiger partial charge in [-0.2, -0.15) is 4.98 Å². The van der Waals surface area contributed by atoms with Crippen LogP contribution in [-0.4, -0.2) is 42.4 Å². The van der Waals surface area contributed by atoms with Crippen LogP contribution in [0, 0.1) is 0 Å². The Morgan fingerprint density at radius 1 is 1.68 bits per heavy atom. The summed E-state index contributed by atoms with van der Waals surface area (Å²) in [6.07, 6.45) is 0.472. The van der Waals surface area contributed by atoms with E-state index in [1.54, 1.807) is 6.92 Å². The number of aromatic amines is 1. The second-order valence-electron chi connectivity index (χ2n) is 4.82. The lowest BCUT2D eigenvalue weighted by Crippen LogP contribution is -2.33. The van der Waals surface area contributed by atoms with Crippen molar-refractivity contribution in [2.45, 2.75) is 18.8 Å². The van der Waals surface area contributed by atoms with E-state index in [1.807, 2.05) is 0 Å². The lowest BCUT2D eigenvalue weighted by molar-refractivity contribution is -0.0887. The van der Waals surface area contributed by atoms with Crippen molar-refractivity contribution >= 4 is 39.6 Å². The van der Waals surface area contributed by atoms with Gasteiger partial charge in [0.15, 0.2) is 16.9 Å². The third-order valence-electron chi connectivity index (χ3n) is 3.47. The fourth-order valence-electron chi connectivity index (χ4n) is 2.43. The number of aromatic nitrogens is 4. The van der Waals surface area contributed by atoms with Crippen LogP contribution in [0.3, 0.4) is 0 Å². The fraction of sp³-hybridized carbons (Fsp3) is 0.364. The summed E-state index contributed by atoms with van der Waals surface area (Å²) < 4.78 is 7.20. The molecule has 3 rings (SSSR count). The van der Waals surface area contributed by atoms with Crippen LogP contribution < -0.4 is 11.3 Å². The van der Waals surface area contributed by atoms with Gasteiger partial charge in [-0.25, -0.2) is 4.98 Å². The molecule has 0 radical (unpaired) electrons. The van der Waals surface area contributed by atoms with Crippen LogP contribution >= 0.6 is 22.5 Å². The van der Waals surface area contributed by atoms with Crippen LogP contribution in [0.25, 0.3) is 11.2 Å². The van der Waals surface area contributed by atoms with E-state index in [-0.39, 0.29) is 22.9 Å². The van der Waals surface area contributed by atoms with Gasteiger partial charge in [-0.3, -0.25) is 14.3 Å². The van der Waals surface area contributed by atoms with Crippen molar-refractivity contribution in [3.63, 3.8) is 0 Å². The number of H-pyrrole nitrogens is 1. The van der Waals surface area contributed by atoms with Crippen LogP contribution in [-0.2, 0) is 10.5 Å². The first kappa shape index (κ1) is 15.2. The fourth-order valence-corrected chi connectivity index (χ4v) is 3.76. The molecule has 0 saturated carbocycles. The van der Waals surface area contributed by atoms with E-state index in [9.17, 15) is 15.0 Å². The van der Waals surface area contributed by atoms with Crippen LogP contribution in [0.4, 0.5) is 5.95 Å². The number of anilines is 1. The molecule has 11 heteroatoms. The maximum absolute atomic E-state index is 11.9. The molecule has 3 heterocycles. The number of fused-ring (bicyclic) bond motifs is 1. The number of imidazole rings is 1. The van der Waals surface area contributed by atoms with Gasteiger partial charge in [0.05, 0.1) is 17.8 Å². The average Bonchev–Trinajstić information content (AvgIpc) is 2.99. The number of hydrogen-bond acceptors (Lipinski definition) is 9. The van der Waals surface area contributed by atoms with Crippen LogP contribution in [0.1, 0.15) is 6.92 Å². The molecule has 9 nitrogen and oxygen atoms in total. The molecule has 0 fully saturated rings. The minimum Gasteiger partial charge on any atom is -0.508 e. The Morgan fingerprint density at radius 3 is 3.05 bits per heavy atom. The minimum atomic E-state index is -1.22. The van der Waals surface area contributed by atoms with Gasteiger partial charge in [-0.1, -0.05) is 10.8 Å². The highest BCUT2D eigenvalue weighted by molar-refractivity contribution is 8.70. The van der Waals surface area contributed by atoms with Crippen molar-refractivity contribution in [2.24, 2.45) is 0 Å². The van der Waals surface area contributed by atoms with Gasteiger partial charge in [-0.05, 0) is 6.92 Å². The number of nitrogens with zero attached hydrogens (tertiary/aromatic N) is 3. The zero-order chi connectivity index (χ0) is 16.1. The number of nitrogen functional groups attached to an aromatic ring is 1. The molecule has 0 aliphatic carbocycles. The molecular weight excluding hydrogens is 330 g/mol. The molecule has 22 heavy (non-hydrogen) atoms. The van der Waals surface area contributed by atoms with Crippen molar-refractivity contribution in [3.05, 3.63) is 27.3 Å². The topological polar surface area (TPSA) is 139 Å². The van der Waals surface area contributed by atoms with Crippen molar-refractivity contribution in [3.8, 4) is 0 Å². The molecule has 0 amide bonds. The summed E-state index contributed by atoms with van der Waals surface area (Å²) >= 11 is 4.12. The summed E-state index contributed by atoms with van der Waals surface area (Å²) in [5.74, 6) is -0.183. The van der Waals surface area contributed by atoms with E-state index in [4.69, 9.17) is 10.5 Å². The number of rotatable bonds is 3. The number of nitrogens with two attached hydrogens (primary N) is 1. The standard InChI is InChI=1S/C11H13N5O4S2/c1-11(7(22-21)6(18)4(2-17)20-11)16-3-13-5-8(16)14-10(12)15-9(5)19/h3-4,17-18,21H,2H2,1H3,(H3,12,14,15,19)/t4-,11?/m1/s1. The SMILES string of the molecule is CC1(n2cnc3c(=O)[nH]c(N)nc32)O[C@H](CO)C(O)=C1SS. The third-order valence-corrected chi connectivity index (χ3v) is 4.79. The Morgan fingerprint density at radius 2 is 2.41 bits per heavy atom. The predicted octanol–water partition coefficient (Wildman–Crippen LogP) is 0.113. The Balaban J connectivity index is 2.25. The van der Waals surface area contributed by atoms with E-state index in [2.05, 4.69) is 26.6 Å². The zero-order valence-electron chi connectivity index (χ0n) is 11.3. The smallest absolute Gasteiger partial charge is 0.280 e. The van der Waals surface area contributed by atoms with Crippen molar-refractivity contribution in [1.82, 2.24) is 19.5 Å². The predicted molar refractivity (Wildman–Crippen MR) is 84.4 cm³/mol. The summed E-state index contributed by atoms with van der Waals surface area (Å²) in [5, 5.41) is 19.5. The van der Waals surface area contributed by atoms with Crippen LogP contribution in [0.2, 0.25) is 0 Å². The van der Waals surface area contributed by atoms with Gasteiger partial charge in [0.25, 0.3) is 5.56 Å². The van der Waals surface area contributed by atoms with Gasteiger partial charge in [-0.15, -0.1) is 11.7 Å². The number of nitrogens with one attached hydrogen (secondary N) is 1. The molecule has 118 valence electrons. The van der Waals surface area contributed by atoms with Crippen molar-refractivity contribution in [2.75, 3.05) is 12.3 Å². The quantitative estimate of drug-likeness (QED) is 0.391. The number of ether oxygens (including phenoxy) is 1. The Bertz CT molecular complexity index is 831. The van der Waals surface area contributed by atoms with E-state index in [0.29, 0.717) is 4.91 Å². The number of hydrogen-bond donors (Lipinski definition) is 5. The number of aliphatic hydroxyl groups is 2. The first-order chi connectivity index (χ1) is 10.4. The minimum absolute atomic E-state index is 0.0622. The highest BCUT2D eigenvalue weighted by Crippen LogP contribution is 2.46. The Hall–Kier alpha value is -1.69. The van der Waals surface area contributed by atoms with Crippen molar-refractivity contribution < 1.29 is 14.9 Å². The maximum Gasteiger partial charge on any atom is 0.280 e. The van der Waals surface area contributed by atoms with Gasteiger partial charge >= 0.3 is 0 Å². The second-order valence-corrected chi connectivity index (χ2v) is 5.95. The molecule has 0 spiro atoms. The summed E-state index contributed by atoms with van der Waals surface area (Å²) in [7, 11) is 0.976. The van der Waals surface area contributed by atoms with Crippen molar-refractivity contribution in [1.29, 1.82) is 0 Å². The Labute approximate surface area is 133 Å². The normalized spacial score (nSPS) is 25.3. The molecule has 1 aliphatic rings. The first-order valence-electron chi connectivity index (χ1n) is 6.19. The van der Waals surface area contributed by atoms with E-state index in [1.165, 1.54) is 10.9 Å². The van der Waals surface area contributed by atoms with Crippen LogP contribution in [0.15, 0.2) is 21.8 Å². The maximum atomic E-state index is 11.9. The third kappa shape index (κ3) is 2.00. The molecule has 1 aliphatic heterocycles. The first-order valence-corrected chi connectivity index (χ1v) is 8.06. The van der Waals surface area contributed by atoms with Gasteiger partial charge in [0, 0.05) is 0 Å². The monoisotopic (exact) mass is 343 g/mol. The number of aliphatic hydroxyl groups excluding tert-OH is 2. The molecule has 1 unspecified atom stereocenters. The summed E-state index contributed by atoms with van der Waals surface area (Å²) in [6.45, 7) is 1.25. The van der Waals surface area contributed by atoms with E-state index in [0.717, 1.165) is 10.8 Å². The van der Waals surface area contributed by atoms with E-state index < -0.39 is 24.0 Å².